The number of hydrogen-bond donors (Lipinski definition) is 1. The Labute approximate surface area is 113 Å². The molecule has 2 aromatic carbocycles. The smallest absolute Gasteiger partial charge is 0.185 e. The number of rotatable bonds is 3. The molecule has 0 saturated carbocycles. The van der Waals surface area contributed by atoms with Crippen molar-refractivity contribution < 1.29 is 21.6 Å². The van der Waals surface area contributed by atoms with Gasteiger partial charge in [0.1, 0.15) is 22.3 Å². The van der Waals surface area contributed by atoms with Gasteiger partial charge in [0.2, 0.25) is 0 Å². The molecular weight excluding hydrogens is 291 g/mol. The first-order valence-corrected chi connectivity index (χ1v) is 7.17. The number of sulfone groups is 1. The van der Waals surface area contributed by atoms with Crippen molar-refractivity contribution in [3.63, 3.8) is 0 Å². The maximum absolute atomic E-state index is 13.6. The average Bonchev–Trinajstić information content (AvgIpc) is 2.37. The summed E-state index contributed by atoms with van der Waals surface area (Å²) in [6.45, 7) is 0. The Bertz CT molecular complexity index is 740. The fourth-order valence-corrected chi connectivity index (χ4v) is 3.21. The second-order valence-corrected chi connectivity index (χ2v) is 6.10. The highest BCUT2D eigenvalue weighted by molar-refractivity contribution is 7.90. The number of nitrogens with two attached hydrogens (primary N) is 1. The summed E-state index contributed by atoms with van der Waals surface area (Å²) in [5.41, 5.74) is 5.17. The van der Waals surface area contributed by atoms with E-state index in [1.165, 1.54) is 12.1 Å². The predicted octanol–water partition coefficient (Wildman–Crippen LogP) is 2.66. The molecule has 0 atom stereocenters. The van der Waals surface area contributed by atoms with Crippen molar-refractivity contribution in [1.29, 1.82) is 0 Å². The van der Waals surface area contributed by atoms with Gasteiger partial charge in [0.25, 0.3) is 0 Å². The first-order valence-electron chi connectivity index (χ1n) is 5.52. The normalized spacial score (nSPS) is 11.6. The Balaban J connectivity index is 2.49. The summed E-state index contributed by atoms with van der Waals surface area (Å²) in [5, 5.41) is 0. The molecule has 2 aromatic rings. The highest BCUT2D eigenvalue weighted by Gasteiger charge is 2.23. The number of anilines is 1. The molecule has 0 aliphatic carbocycles. The van der Waals surface area contributed by atoms with Crippen LogP contribution in [-0.4, -0.2) is 8.42 Å². The second kappa shape index (κ2) is 5.16. The zero-order valence-corrected chi connectivity index (χ0v) is 10.9. The molecule has 7 heteroatoms. The van der Waals surface area contributed by atoms with Crippen molar-refractivity contribution in [3.8, 4) is 0 Å². The van der Waals surface area contributed by atoms with Crippen molar-refractivity contribution in [2.24, 2.45) is 0 Å². The molecule has 0 aromatic heterocycles. The molecule has 0 unspecified atom stereocenters. The van der Waals surface area contributed by atoms with E-state index in [-0.39, 0.29) is 11.3 Å². The Morgan fingerprint density at radius 3 is 2.35 bits per heavy atom. The van der Waals surface area contributed by atoms with Gasteiger partial charge in [0.05, 0.1) is 5.75 Å². The monoisotopic (exact) mass is 301 g/mol. The molecule has 0 heterocycles. The first kappa shape index (κ1) is 14.4. The van der Waals surface area contributed by atoms with Crippen molar-refractivity contribution >= 4 is 15.5 Å². The quantitative estimate of drug-likeness (QED) is 0.887. The van der Waals surface area contributed by atoms with Crippen LogP contribution in [0.5, 0.6) is 0 Å². The summed E-state index contributed by atoms with van der Waals surface area (Å²) in [6, 6.07) is 5.75. The highest BCUT2D eigenvalue weighted by atomic mass is 32.2. The minimum absolute atomic E-state index is 0.0645. The van der Waals surface area contributed by atoms with Crippen LogP contribution in [-0.2, 0) is 15.6 Å². The van der Waals surface area contributed by atoms with E-state index < -0.39 is 37.9 Å². The highest BCUT2D eigenvalue weighted by Crippen LogP contribution is 2.24. The predicted molar refractivity (Wildman–Crippen MR) is 68.1 cm³/mol. The van der Waals surface area contributed by atoms with Crippen molar-refractivity contribution in [3.05, 3.63) is 59.4 Å². The van der Waals surface area contributed by atoms with Crippen molar-refractivity contribution in [2.75, 3.05) is 5.73 Å². The molecule has 20 heavy (non-hydrogen) atoms. The van der Waals surface area contributed by atoms with E-state index in [9.17, 15) is 21.6 Å². The van der Waals surface area contributed by atoms with Gasteiger partial charge < -0.3 is 5.73 Å². The third-order valence-corrected chi connectivity index (χ3v) is 4.37. The zero-order chi connectivity index (χ0) is 14.9. The van der Waals surface area contributed by atoms with Crippen LogP contribution < -0.4 is 5.73 Å². The van der Waals surface area contributed by atoms with E-state index in [0.717, 1.165) is 12.1 Å². The van der Waals surface area contributed by atoms with E-state index in [4.69, 9.17) is 5.73 Å². The third kappa shape index (κ3) is 2.77. The molecule has 2 N–H and O–H groups in total. The van der Waals surface area contributed by atoms with Crippen LogP contribution in [0.1, 0.15) is 5.56 Å². The van der Waals surface area contributed by atoms with Gasteiger partial charge in [-0.2, -0.15) is 0 Å². The van der Waals surface area contributed by atoms with E-state index in [0.29, 0.717) is 12.1 Å². The van der Waals surface area contributed by atoms with Crippen LogP contribution in [0.4, 0.5) is 18.9 Å². The van der Waals surface area contributed by atoms with Gasteiger partial charge in [0.15, 0.2) is 9.84 Å². The van der Waals surface area contributed by atoms with E-state index in [1.807, 2.05) is 0 Å². The summed E-state index contributed by atoms with van der Waals surface area (Å²) in [4.78, 5) is -0.819. The lowest BCUT2D eigenvalue weighted by molar-refractivity contribution is 0.551. The van der Waals surface area contributed by atoms with Crippen molar-refractivity contribution in [1.82, 2.24) is 0 Å². The number of benzene rings is 2. The Morgan fingerprint density at radius 2 is 1.70 bits per heavy atom. The standard InChI is InChI=1S/C13H10F3NO2S/c14-8-4-5-11(16)13(6-8)20(18,19)7-9-10(15)2-1-3-12(9)17/h1-6H,7,17H2. The summed E-state index contributed by atoms with van der Waals surface area (Å²) < 4.78 is 64.2. The zero-order valence-electron chi connectivity index (χ0n) is 10.1. The molecular formula is C13H10F3NO2S. The SMILES string of the molecule is Nc1cccc(F)c1CS(=O)(=O)c1cc(F)ccc1F. The third-order valence-electron chi connectivity index (χ3n) is 2.72. The van der Waals surface area contributed by atoms with Gasteiger partial charge in [-0.05, 0) is 30.3 Å². The largest absolute Gasteiger partial charge is 0.398 e. The molecule has 3 nitrogen and oxygen atoms in total. The summed E-state index contributed by atoms with van der Waals surface area (Å²) >= 11 is 0. The molecule has 0 saturated heterocycles. The first-order chi connectivity index (χ1) is 9.31. The van der Waals surface area contributed by atoms with Gasteiger partial charge in [-0.3, -0.25) is 0 Å². The van der Waals surface area contributed by atoms with E-state index in [1.54, 1.807) is 0 Å². The van der Waals surface area contributed by atoms with Gasteiger partial charge in [-0.25, -0.2) is 21.6 Å². The summed E-state index contributed by atoms with van der Waals surface area (Å²) in [5.74, 6) is -3.65. The maximum Gasteiger partial charge on any atom is 0.185 e. The maximum atomic E-state index is 13.6. The molecule has 0 aliphatic heterocycles. The van der Waals surface area contributed by atoms with Gasteiger partial charge >= 0.3 is 0 Å². The minimum atomic E-state index is -4.25. The van der Waals surface area contributed by atoms with Gasteiger partial charge in [-0.1, -0.05) is 6.07 Å². The summed E-state index contributed by atoms with van der Waals surface area (Å²) in [6.07, 6.45) is 0. The van der Waals surface area contributed by atoms with Crippen LogP contribution in [0.3, 0.4) is 0 Å². The fraction of sp³-hybridized carbons (Fsp3) is 0.0769. The Hall–Kier alpha value is -2.02. The fourth-order valence-electron chi connectivity index (χ4n) is 1.71. The van der Waals surface area contributed by atoms with Crippen LogP contribution in [0, 0.1) is 17.5 Å². The van der Waals surface area contributed by atoms with Crippen LogP contribution in [0.2, 0.25) is 0 Å². The van der Waals surface area contributed by atoms with Crippen LogP contribution in [0.15, 0.2) is 41.3 Å². The molecule has 0 bridgehead atoms. The molecule has 0 radical (unpaired) electrons. The lowest BCUT2D eigenvalue weighted by Crippen LogP contribution is -2.10. The molecule has 2 rings (SSSR count). The molecule has 0 aliphatic rings. The molecule has 106 valence electrons. The average molecular weight is 301 g/mol. The second-order valence-electron chi connectivity index (χ2n) is 4.14. The van der Waals surface area contributed by atoms with Crippen LogP contribution >= 0.6 is 0 Å². The minimum Gasteiger partial charge on any atom is -0.398 e. The van der Waals surface area contributed by atoms with E-state index in [2.05, 4.69) is 0 Å². The molecule has 0 fully saturated rings. The lowest BCUT2D eigenvalue weighted by Gasteiger charge is -2.09. The Morgan fingerprint density at radius 1 is 1.00 bits per heavy atom. The van der Waals surface area contributed by atoms with Crippen molar-refractivity contribution in [2.45, 2.75) is 10.6 Å². The molecule has 0 amide bonds. The summed E-state index contributed by atoms with van der Waals surface area (Å²) in [7, 11) is -4.25. The van der Waals surface area contributed by atoms with Gasteiger partial charge in [-0.15, -0.1) is 0 Å². The van der Waals surface area contributed by atoms with Gasteiger partial charge in [0, 0.05) is 11.3 Å². The lowest BCUT2D eigenvalue weighted by atomic mass is 10.2. The Kier molecular flexibility index (Phi) is 3.71. The number of hydrogen-bond acceptors (Lipinski definition) is 3. The van der Waals surface area contributed by atoms with Crippen LogP contribution in [0.25, 0.3) is 0 Å². The topological polar surface area (TPSA) is 60.2 Å². The number of halogens is 3. The molecule has 0 spiro atoms. The van der Waals surface area contributed by atoms with E-state index >= 15 is 0 Å². The number of nitrogen functional groups attached to an aromatic ring is 1.